The van der Waals surface area contributed by atoms with Crippen LogP contribution in [0.3, 0.4) is 0 Å². The molecule has 0 amide bonds. The Kier molecular flexibility index (Phi) is 4.26. The molecule has 41 heavy (non-hydrogen) atoms. The highest BCUT2D eigenvalue weighted by Crippen LogP contribution is 2.43. The lowest BCUT2D eigenvalue weighted by atomic mass is 9.89. The van der Waals surface area contributed by atoms with Crippen molar-refractivity contribution in [1.82, 2.24) is 0 Å². The minimum atomic E-state index is 1.16. The van der Waals surface area contributed by atoms with Crippen LogP contribution in [-0.2, 0) is 12.8 Å². The summed E-state index contributed by atoms with van der Waals surface area (Å²) in [6.07, 6.45) is 2.33. The van der Waals surface area contributed by atoms with Crippen molar-refractivity contribution < 1.29 is 0 Å². The Morgan fingerprint density at radius 1 is 0.390 bits per heavy atom. The average molecular weight is 537 g/mol. The molecule has 0 N–H and O–H groups in total. The molecule has 0 saturated heterocycles. The maximum absolute atomic E-state index is 2.43. The predicted molar refractivity (Wildman–Crippen MR) is 179 cm³/mol. The predicted octanol–water partition coefficient (Wildman–Crippen LogP) is 11.5. The standard InChI is InChI=1S/C40H24S/c1-3-24-8-10-27-12-17-31(33-18-13-25(4-1)39(24)40(27)33)29-15-20-37-35(22-29)34-21-28(14-19-36(34)41-37)30-16-11-26-9-7-23-5-2-6-32(30)38(23)26/h1-6,8,10-22H,7,9H2. The average Bonchev–Trinajstić information content (AvgIpc) is 3.62. The van der Waals surface area contributed by atoms with Gasteiger partial charge in [0.15, 0.2) is 0 Å². The number of aryl methyl sites for hydroxylation is 2. The minimum absolute atomic E-state index is 1.16. The summed E-state index contributed by atoms with van der Waals surface area (Å²) >= 11 is 1.90. The Morgan fingerprint density at radius 2 is 0.951 bits per heavy atom. The molecule has 1 heteroatoms. The number of hydrogen-bond donors (Lipinski definition) is 0. The highest BCUT2D eigenvalue weighted by atomic mass is 32.1. The van der Waals surface area contributed by atoms with Gasteiger partial charge in [-0.05, 0) is 114 Å². The molecule has 9 aromatic rings. The monoisotopic (exact) mass is 536 g/mol. The quantitative estimate of drug-likeness (QED) is 0.193. The topological polar surface area (TPSA) is 0 Å². The van der Waals surface area contributed by atoms with Crippen LogP contribution in [0.4, 0.5) is 0 Å². The molecule has 1 aliphatic rings. The number of rotatable bonds is 2. The van der Waals surface area contributed by atoms with E-state index in [-0.39, 0.29) is 0 Å². The van der Waals surface area contributed by atoms with Gasteiger partial charge in [-0.15, -0.1) is 11.3 Å². The second-order valence-electron chi connectivity index (χ2n) is 11.6. The first-order valence-electron chi connectivity index (χ1n) is 14.5. The van der Waals surface area contributed by atoms with Crippen LogP contribution in [0.25, 0.3) is 85.5 Å². The van der Waals surface area contributed by atoms with Crippen molar-refractivity contribution in [2.24, 2.45) is 0 Å². The summed E-state index contributed by atoms with van der Waals surface area (Å²) in [7, 11) is 0. The van der Waals surface area contributed by atoms with Gasteiger partial charge in [0.1, 0.15) is 0 Å². The van der Waals surface area contributed by atoms with Crippen LogP contribution in [0.15, 0.2) is 121 Å². The SMILES string of the molecule is c1cc2ccc3ccc(-c4ccc5sc6ccc(-c7ccc8c9c(cccc79)CC8)cc6c5c4)c4ccc(c1)c2c34. The molecular formula is C40H24S. The van der Waals surface area contributed by atoms with Gasteiger partial charge in [0, 0.05) is 20.2 Å². The highest BCUT2D eigenvalue weighted by Gasteiger charge is 2.18. The van der Waals surface area contributed by atoms with Crippen LogP contribution < -0.4 is 0 Å². The van der Waals surface area contributed by atoms with Gasteiger partial charge in [-0.3, -0.25) is 0 Å². The van der Waals surface area contributed by atoms with Crippen LogP contribution in [0.1, 0.15) is 11.1 Å². The van der Waals surface area contributed by atoms with Crippen LogP contribution in [0.5, 0.6) is 0 Å². The van der Waals surface area contributed by atoms with Crippen LogP contribution in [-0.4, -0.2) is 0 Å². The summed E-state index contributed by atoms with van der Waals surface area (Å²) in [5.41, 5.74) is 8.24. The molecule has 10 rings (SSSR count). The Hall–Kier alpha value is -4.72. The van der Waals surface area contributed by atoms with Gasteiger partial charge in [0.2, 0.25) is 0 Å². The van der Waals surface area contributed by atoms with E-state index in [1.54, 1.807) is 0 Å². The summed E-state index contributed by atoms with van der Waals surface area (Å²) < 4.78 is 2.70. The van der Waals surface area contributed by atoms with Crippen LogP contribution >= 0.6 is 11.3 Å². The fourth-order valence-corrected chi connectivity index (χ4v) is 8.66. The second kappa shape index (κ2) is 7.94. The first-order valence-corrected chi connectivity index (χ1v) is 15.3. The molecule has 1 heterocycles. The molecule has 0 atom stereocenters. The Bertz CT molecular complexity index is 2500. The number of fused-ring (bicyclic) bond motifs is 3. The molecule has 0 radical (unpaired) electrons. The van der Waals surface area contributed by atoms with Gasteiger partial charge >= 0.3 is 0 Å². The summed E-state index contributed by atoms with van der Waals surface area (Å²) in [4.78, 5) is 0. The Labute approximate surface area is 241 Å². The zero-order valence-corrected chi connectivity index (χ0v) is 23.2. The number of thiophene rings is 1. The molecule has 0 fully saturated rings. The van der Waals surface area contributed by atoms with Gasteiger partial charge in [-0.25, -0.2) is 0 Å². The van der Waals surface area contributed by atoms with E-state index in [0.29, 0.717) is 0 Å². The maximum atomic E-state index is 2.43. The zero-order chi connectivity index (χ0) is 26.7. The fourth-order valence-electron chi connectivity index (χ4n) is 7.60. The van der Waals surface area contributed by atoms with E-state index in [1.165, 1.54) is 96.6 Å². The van der Waals surface area contributed by atoms with E-state index in [2.05, 4.69) is 121 Å². The Balaban J connectivity index is 1.20. The third-order valence-corrected chi connectivity index (χ3v) is 10.6. The van der Waals surface area contributed by atoms with Gasteiger partial charge in [0.05, 0.1) is 0 Å². The third kappa shape index (κ3) is 2.99. The molecule has 0 aliphatic heterocycles. The van der Waals surface area contributed by atoms with E-state index in [1.807, 2.05) is 11.3 Å². The molecule has 0 unspecified atom stereocenters. The summed E-state index contributed by atoms with van der Waals surface area (Å²) in [6, 6.07) is 46.1. The molecule has 1 aliphatic carbocycles. The van der Waals surface area contributed by atoms with Crippen molar-refractivity contribution in [3.05, 3.63) is 132 Å². The van der Waals surface area contributed by atoms with Crippen molar-refractivity contribution in [1.29, 1.82) is 0 Å². The van der Waals surface area contributed by atoms with Gasteiger partial charge in [0.25, 0.3) is 0 Å². The van der Waals surface area contributed by atoms with E-state index >= 15 is 0 Å². The fraction of sp³-hybridized carbons (Fsp3) is 0.0500. The van der Waals surface area contributed by atoms with E-state index < -0.39 is 0 Å². The van der Waals surface area contributed by atoms with Gasteiger partial charge in [-0.2, -0.15) is 0 Å². The molecule has 0 nitrogen and oxygen atoms in total. The molecule has 0 spiro atoms. The Morgan fingerprint density at radius 3 is 1.68 bits per heavy atom. The lowest BCUT2D eigenvalue weighted by Gasteiger charge is -2.14. The largest absolute Gasteiger partial charge is 0.135 e. The molecule has 1 aromatic heterocycles. The van der Waals surface area contributed by atoms with E-state index in [4.69, 9.17) is 0 Å². The van der Waals surface area contributed by atoms with Crippen LogP contribution in [0, 0.1) is 0 Å². The first-order chi connectivity index (χ1) is 20.3. The van der Waals surface area contributed by atoms with Crippen molar-refractivity contribution in [3.63, 3.8) is 0 Å². The first kappa shape index (κ1) is 22.0. The lowest BCUT2D eigenvalue weighted by Crippen LogP contribution is -1.87. The van der Waals surface area contributed by atoms with Gasteiger partial charge < -0.3 is 0 Å². The van der Waals surface area contributed by atoms with E-state index in [9.17, 15) is 0 Å². The van der Waals surface area contributed by atoms with Crippen molar-refractivity contribution >= 4 is 74.6 Å². The van der Waals surface area contributed by atoms with E-state index in [0.717, 1.165) is 12.8 Å². The molecule has 0 saturated carbocycles. The third-order valence-electron chi connectivity index (χ3n) is 9.50. The number of benzene rings is 8. The molecule has 190 valence electrons. The maximum Gasteiger partial charge on any atom is 0.0355 e. The van der Waals surface area contributed by atoms with Crippen molar-refractivity contribution in [3.8, 4) is 22.3 Å². The number of hydrogen-bond acceptors (Lipinski definition) is 1. The van der Waals surface area contributed by atoms with Crippen LogP contribution in [0.2, 0.25) is 0 Å². The van der Waals surface area contributed by atoms with Gasteiger partial charge in [-0.1, -0.05) is 97.1 Å². The zero-order valence-electron chi connectivity index (χ0n) is 22.4. The smallest absolute Gasteiger partial charge is 0.0355 e. The summed E-state index contributed by atoms with van der Waals surface area (Å²) in [5, 5.41) is 13.6. The van der Waals surface area contributed by atoms with Crippen molar-refractivity contribution in [2.75, 3.05) is 0 Å². The van der Waals surface area contributed by atoms with Crippen molar-refractivity contribution in [2.45, 2.75) is 12.8 Å². The summed E-state index contributed by atoms with van der Waals surface area (Å²) in [6.45, 7) is 0. The second-order valence-corrected chi connectivity index (χ2v) is 12.7. The lowest BCUT2D eigenvalue weighted by molar-refractivity contribution is 1.02. The normalized spacial score (nSPS) is 13.2. The highest BCUT2D eigenvalue weighted by molar-refractivity contribution is 7.25. The molecule has 8 aromatic carbocycles. The summed E-state index contributed by atoms with van der Waals surface area (Å²) in [5.74, 6) is 0. The molecule has 0 bridgehead atoms. The minimum Gasteiger partial charge on any atom is -0.135 e. The molecular weight excluding hydrogens is 513 g/mol.